The van der Waals surface area contributed by atoms with Crippen LogP contribution in [0.15, 0.2) is 18.2 Å². The van der Waals surface area contributed by atoms with Gasteiger partial charge < -0.3 is 42.3 Å². The summed E-state index contributed by atoms with van der Waals surface area (Å²) < 4.78 is 0. The van der Waals surface area contributed by atoms with Crippen molar-refractivity contribution in [3.8, 4) is 5.75 Å². The molecule has 0 aliphatic heterocycles. The van der Waals surface area contributed by atoms with E-state index >= 15 is 0 Å². The zero-order valence-electron chi connectivity index (χ0n) is 23.4. The predicted molar refractivity (Wildman–Crippen MR) is 145 cm³/mol. The van der Waals surface area contributed by atoms with Crippen molar-refractivity contribution in [2.75, 3.05) is 0 Å². The van der Waals surface area contributed by atoms with E-state index in [0.29, 0.717) is 0 Å². The van der Waals surface area contributed by atoms with Gasteiger partial charge in [0.15, 0.2) is 5.75 Å². The van der Waals surface area contributed by atoms with Crippen molar-refractivity contribution in [2.24, 2.45) is 11.7 Å². The molecule has 232 valence electrons. The number of phenolic OH excluding ortho intramolecular Hbond substituents is 1. The number of nitrogens with zero attached hydrogens (tertiary/aromatic N) is 1. The van der Waals surface area contributed by atoms with Gasteiger partial charge in [-0.3, -0.25) is 38.9 Å². The van der Waals surface area contributed by atoms with Gasteiger partial charge in [0.2, 0.25) is 23.6 Å². The first-order chi connectivity index (χ1) is 19.4. The van der Waals surface area contributed by atoms with Crippen molar-refractivity contribution in [1.82, 2.24) is 21.3 Å². The van der Waals surface area contributed by atoms with Crippen LogP contribution in [-0.2, 0) is 35.2 Å². The molecule has 0 unspecified atom stereocenters. The molecule has 0 aliphatic rings. The number of amides is 4. The van der Waals surface area contributed by atoms with Crippen molar-refractivity contribution >= 4 is 41.3 Å². The highest BCUT2D eigenvalue weighted by Crippen LogP contribution is 2.26. The van der Waals surface area contributed by atoms with E-state index in [9.17, 15) is 44.0 Å². The monoisotopic (exact) mass is 596 g/mol. The number of phenols is 1. The Balaban J connectivity index is 3.11. The number of nitro groups is 1. The molecule has 4 amide bonds. The van der Waals surface area contributed by atoms with Crippen LogP contribution in [0.3, 0.4) is 0 Å². The van der Waals surface area contributed by atoms with Gasteiger partial charge in [-0.2, -0.15) is 0 Å². The van der Waals surface area contributed by atoms with Gasteiger partial charge in [-0.05, 0) is 37.8 Å². The average molecular weight is 597 g/mol. The van der Waals surface area contributed by atoms with Crippen LogP contribution in [0.2, 0.25) is 0 Å². The third-order valence-corrected chi connectivity index (χ3v) is 6.04. The normalized spacial score (nSPS) is 14.4. The van der Waals surface area contributed by atoms with Gasteiger partial charge in [-0.1, -0.05) is 19.9 Å². The van der Waals surface area contributed by atoms with Crippen LogP contribution >= 0.6 is 0 Å². The topological polar surface area (TPSA) is 280 Å². The van der Waals surface area contributed by atoms with Crippen LogP contribution in [0.4, 0.5) is 5.69 Å². The summed E-state index contributed by atoms with van der Waals surface area (Å²) in [5.41, 5.74) is 5.15. The summed E-state index contributed by atoms with van der Waals surface area (Å²) in [7, 11) is 0. The molecule has 0 saturated carbocycles. The Morgan fingerprint density at radius 1 is 0.881 bits per heavy atom. The lowest BCUT2D eigenvalue weighted by Gasteiger charge is -2.27. The lowest BCUT2D eigenvalue weighted by atomic mass is 10.00. The molecule has 0 spiro atoms. The van der Waals surface area contributed by atoms with E-state index in [1.807, 2.05) is 0 Å². The maximum Gasteiger partial charge on any atom is 0.325 e. The second-order valence-electron chi connectivity index (χ2n) is 9.91. The number of aliphatic carboxylic acids is 2. The second kappa shape index (κ2) is 15.8. The highest BCUT2D eigenvalue weighted by atomic mass is 16.6. The molecule has 1 aromatic rings. The van der Waals surface area contributed by atoms with E-state index in [0.717, 1.165) is 12.1 Å². The van der Waals surface area contributed by atoms with Crippen LogP contribution in [0.25, 0.3) is 0 Å². The largest absolute Gasteiger partial charge is 0.502 e. The number of nitrogens with two attached hydrogens (primary N) is 1. The van der Waals surface area contributed by atoms with Crippen molar-refractivity contribution in [3.05, 3.63) is 33.9 Å². The van der Waals surface area contributed by atoms with Gasteiger partial charge in [0.1, 0.15) is 24.2 Å². The van der Waals surface area contributed by atoms with Crippen LogP contribution in [-0.4, -0.2) is 86.0 Å². The van der Waals surface area contributed by atoms with E-state index < -0.39 is 88.1 Å². The summed E-state index contributed by atoms with van der Waals surface area (Å²) in [6.45, 7) is 5.67. The van der Waals surface area contributed by atoms with E-state index in [1.165, 1.54) is 19.9 Å². The maximum atomic E-state index is 13.2. The summed E-state index contributed by atoms with van der Waals surface area (Å²) in [6, 6.07) is -3.12. The molecule has 9 N–H and O–H groups in total. The van der Waals surface area contributed by atoms with E-state index in [-0.39, 0.29) is 24.8 Å². The number of rotatable bonds is 16. The Morgan fingerprint density at radius 3 is 2.00 bits per heavy atom. The van der Waals surface area contributed by atoms with E-state index in [2.05, 4.69) is 21.3 Å². The first-order valence-corrected chi connectivity index (χ1v) is 12.8. The van der Waals surface area contributed by atoms with Gasteiger partial charge in [0, 0.05) is 18.9 Å². The summed E-state index contributed by atoms with van der Waals surface area (Å²) in [5.74, 6) is -7.05. The molecule has 0 bridgehead atoms. The summed E-state index contributed by atoms with van der Waals surface area (Å²) >= 11 is 0. The molecule has 42 heavy (non-hydrogen) atoms. The third-order valence-electron chi connectivity index (χ3n) is 6.04. The predicted octanol–water partition coefficient (Wildman–Crippen LogP) is -1.25. The smallest absolute Gasteiger partial charge is 0.325 e. The first kappa shape index (κ1) is 35.2. The SMILES string of the molecule is CC(C)[C@H](NC(=O)[C@H](C)NC(=O)[C@@H](N)CCC(=O)O)C(=O)N[C@@H](Cc1ccc(O)c([N+](=O)[O-])c1)C(=O)N[C@@H](C)C(=O)O. The maximum absolute atomic E-state index is 13.2. The number of carboxylic acid groups (broad SMARTS) is 2. The van der Waals surface area contributed by atoms with Crippen LogP contribution in [0.5, 0.6) is 5.75 Å². The molecule has 5 atom stereocenters. The van der Waals surface area contributed by atoms with Crippen LogP contribution < -0.4 is 27.0 Å². The minimum atomic E-state index is -1.45. The fourth-order valence-corrected chi connectivity index (χ4v) is 3.53. The van der Waals surface area contributed by atoms with Crippen LogP contribution in [0, 0.1) is 16.0 Å². The molecule has 0 radical (unpaired) electrons. The zero-order chi connectivity index (χ0) is 32.3. The molecule has 17 nitrogen and oxygen atoms in total. The van der Waals surface area contributed by atoms with Gasteiger partial charge in [-0.15, -0.1) is 0 Å². The number of nitrogens with one attached hydrogen (secondary N) is 4. The number of hydrogen-bond acceptors (Lipinski definition) is 10. The lowest BCUT2D eigenvalue weighted by molar-refractivity contribution is -0.385. The summed E-state index contributed by atoms with van der Waals surface area (Å²) in [6.07, 6.45) is -0.868. The Morgan fingerprint density at radius 2 is 1.48 bits per heavy atom. The number of carbonyl (C=O) groups is 6. The zero-order valence-corrected chi connectivity index (χ0v) is 23.4. The molecule has 0 aromatic heterocycles. The standard InChI is InChI=1S/C25H36N6O11/c1-11(2)20(30-21(35)12(3)27-22(36)15(26)6-8-19(33)34)24(38)29-16(23(37)28-13(4)25(39)40)9-14-5-7-18(32)17(10-14)31(41)42/h5,7,10-13,15-16,20,32H,6,8-9,26H2,1-4H3,(H,27,36)(H,28,37)(H,29,38)(H,30,35)(H,33,34)(H,39,40)/t12-,13-,15-,16-,20-/m0/s1. The Bertz CT molecular complexity index is 1210. The summed E-state index contributed by atoms with van der Waals surface area (Å²) in [5, 5.41) is 48.3. The summed E-state index contributed by atoms with van der Waals surface area (Å²) in [4.78, 5) is 83.5. The highest BCUT2D eigenvalue weighted by molar-refractivity contribution is 5.95. The molecule has 1 aromatic carbocycles. The van der Waals surface area contributed by atoms with Crippen molar-refractivity contribution in [3.63, 3.8) is 0 Å². The number of carbonyl (C=O) groups excluding carboxylic acids is 4. The molecule has 17 heteroatoms. The van der Waals surface area contributed by atoms with Crippen molar-refractivity contribution in [2.45, 2.75) is 77.2 Å². The van der Waals surface area contributed by atoms with Crippen molar-refractivity contribution < 1.29 is 49.0 Å². The first-order valence-electron chi connectivity index (χ1n) is 12.8. The molecule has 1 rings (SSSR count). The van der Waals surface area contributed by atoms with Gasteiger partial charge in [0.25, 0.3) is 0 Å². The van der Waals surface area contributed by atoms with Gasteiger partial charge in [-0.25, -0.2) is 0 Å². The third kappa shape index (κ3) is 11.0. The minimum Gasteiger partial charge on any atom is -0.502 e. The Kier molecular flexibility index (Phi) is 13.3. The number of nitro benzene ring substituents is 1. The Hall–Kier alpha value is -4.80. The number of carboxylic acids is 2. The molecule has 0 aliphatic carbocycles. The number of benzene rings is 1. The highest BCUT2D eigenvalue weighted by Gasteiger charge is 2.32. The molecular formula is C25H36N6O11. The van der Waals surface area contributed by atoms with E-state index in [1.54, 1.807) is 13.8 Å². The van der Waals surface area contributed by atoms with Crippen LogP contribution in [0.1, 0.15) is 46.1 Å². The quantitative estimate of drug-likeness (QED) is 0.0821. The molecular weight excluding hydrogens is 560 g/mol. The fraction of sp³-hybridized carbons (Fsp3) is 0.520. The second-order valence-corrected chi connectivity index (χ2v) is 9.91. The minimum absolute atomic E-state index is 0.156. The molecule has 0 saturated heterocycles. The van der Waals surface area contributed by atoms with Gasteiger partial charge >= 0.3 is 17.6 Å². The number of hydrogen-bond donors (Lipinski definition) is 8. The number of aromatic hydroxyl groups is 1. The fourth-order valence-electron chi connectivity index (χ4n) is 3.53. The lowest BCUT2D eigenvalue weighted by Crippen LogP contribution is -2.59. The van der Waals surface area contributed by atoms with E-state index in [4.69, 9.17) is 15.9 Å². The van der Waals surface area contributed by atoms with Gasteiger partial charge in [0.05, 0.1) is 11.0 Å². The molecule has 0 heterocycles. The molecule has 0 fully saturated rings. The Labute approximate surface area is 240 Å². The average Bonchev–Trinajstić information content (AvgIpc) is 2.89. The van der Waals surface area contributed by atoms with Crippen molar-refractivity contribution in [1.29, 1.82) is 0 Å².